The van der Waals surface area contributed by atoms with E-state index in [0.717, 1.165) is 5.56 Å². The highest BCUT2D eigenvalue weighted by Gasteiger charge is 2.09. The number of para-hydroxylation sites is 1. The predicted molar refractivity (Wildman–Crippen MR) is 104 cm³/mol. The maximum Gasteiger partial charge on any atom is 0.262 e. The minimum Gasteiger partial charge on any atom is -0.277 e. The monoisotopic (exact) mass is 368 g/mol. The number of halogens is 1. The third kappa shape index (κ3) is 3.92. The van der Waals surface area contributed by atoms with Gasteiger partial charge in [-0.05, 0) is 42.8 Å². The van der Waals surface area contributed by atoms with Crippen LogP contribution in [0.1, 0.15) is 12.5 Å². The van der Waals surface area contributed by atoms with E-state index in [1.165, 1.54) is 10.6 Å². The van der Waals surface area contributed by atoms with E-state index in [-0.39, 0.29) is 17.4 Å². The van der Waals surface area contributed by atoms with Crippen LogP contribution in [-0.2, 0) is 11.3 Å². The molecule has 0 aliphatic carbocycles. The van der Waals surface area contributed by atoms with E-state index < -0.39 is 0 Å². The first-order valence-electron chi connectivity index (χ1n) is 8.07. The Morgan fingerprint density at radius 1 is 1.23 bits per heavy atom. The van der Waals surface area contributed by atoms with Crippen molar-refractivity contribution in [1.29, 1.82) is 0 Å². The Hall–Kier alpha value is -3.12. The van der Waals surface area contributed by atoms with Gasteiger partial charge in [-0.3, -0.25) is 25.0 Å². The minimum absolute atomic E-state index is 0.163. The van der Waals surface area contributed by atoms with E-state index in [1.807, 2.05) is 13.0 Å². The summed E-state index contributed by atoms with van der Waals surface area (Å²) in [5, 5.41) is 1.13. The normalized spacial score (nSPS) is 11.0. The molecular weight excluding hydrogens is 352 g/mol. The van der Waals surface area contributed by atoms with Crippen molar-refractivity contribution < 1.29 is 4.79 Å². The first kappa shape index (κ1) is 17.7. The van der Waals surface area contributed by atoms with E-state index in [4.69, 9.17) is 11.6 Å². The Morgan fingerprint density at radius 3 is 2.81 bits per heavy atom. The quantitative estimate of drug-likeness (QED) is 0.535. The Kier molecular flexibility index (Phi) is 5.34. The van der Waals surface area contributed by atoms with Crippen molar-refractivity contribution in [1.82, 2.24) is 15.0 Å². The summed E-state index contributed by atoms with van der Waals surface area (Å²) in [5.74, 6) is -0.101. The molecule has 0 bridgehead atoms. The molecule has 6 nitrogen and oxygen atoms in total. The van der Waals surface area contributed by atoms with Gasteiger partial charge in [-0.1, -0.05) is 35.9 Å². The molecule has 0 radical (unpaired) electrons. The molecule has 0 aliphatic heterocycles. The Balaban J connectivity index is 1.77. The van der Waals surface area contributed by atoms with Crippen molar-refractivity contribution >= 4 is 40.4 Å². The minimum atomic E-state index is -0.380. The Bertz CT molecular complexity index is 1040. The molecule has 1 heterocycles. The smallest absolute Gasteiger partial charge is 0.262 e. The number of benzene rings is 2. The zero-order valence-corrected chi connectivity index (χ0v) is 14.8. The molecule has 0 saturated heterocycles. The van der Waals surface area contributed by atoms with Crippen molar-refractivity contribution in [2.75, 3.05) is 5.43 Å². The second-order valence-electron chi connectivity index (χ2n) is 5.50. The fraction of sp³-hybridized carbons (Fsp3) is 0.105. The third-order valence-electron chi connectivity index (χ3n) is 3.75. The van der Waals surface area contributed by atoms with Crippen LogP contribution in [0, 0.1) is 0 Å². The van der Waals surface area contributed by atoms with Gasteiger partial charge in [0.05, 0.1) is 10.9 Å². The summed E-state index contributed by atoms with van der Waals surface area (Å²) in [6.45, 7) is 2.26. The SMILES string of the molecule is CCn1c(NNC(=O)C=Cc2cccc(Cl)c2)nc2ccccc2c1=O. The number of fused-ring (bicyclic) bond motifs is 1. The number of hydrazine groups is 1. The summed E-state index contributed by atoms with van der Waals surface area (Å²) in [6, 6.07) is 14.2. The van der Waals surface area contributed by atoms with Crippen LogP contribution in [0.5, 0.6) is 0 Å². The van der Waals surface area contributed by atoms with Crippen LogP contribution < -0.4 is 16.4 Å². The first-order chi connectivity index (χ1) is 12.6. The third-order valence-corrected chi connectivity index (χ3v) is 3.99. The molecule has 0 spiro atoms. The van der Waals surface area contributed by atoms with Crippen molar-refractivity contribution in [2.24, 2.45) is 0 Å². The van der Waals surface area contributed by atoms with Crippen LogP contribution in [0.2, 0.25) is 5.02 Å². The summed E-state index contributed by atoms with van der Waals surface area (Å²) in [7, 11) is 0. The van der Waals surface area contributed by atoms with Crippen LogP contribution in [0.3, 0.4) is 0 Å². The number of carbonyl (C=O) groups excluding carboxylic acids is 1. The van der Waals surface area contributed by atoms with Crippen LogP contribution in [0.4, 0.5) is 5.95 Å². The van der Waals surface area contributed by atoms with Gasteiger partial charge in [0.15, 0.2) is 0 Å². The van der Waals surface area contributed by atoms with Gasteiger partial charge >= 0.3 is 0 Å². The van der Waals surface area contributed by atoms with Crippen LogP contribution in [0.15, 0.2) is 59.4 Å². The number of carbonyl (C=O) groups is 1. The summed E-state index contributed by atoms with van der Waals surface area (Å²) in [4.78, 5) is 28.9. The van der Waals surface area contributed by atoms with Gasteiger partial charge in [-0.25, -0.2) is 4.98 Å². The fourth-order valence-corrected chi connectivity index (χ4v) is 2.70. The second kappa shape index (κ2) is 7.84. The Morgan fingerprint density at radius 2 is 2.04 bits per heavy atom. The molecule has 0 saturated carbocycles. The molecule has 1 amide bonds. The van der Waals surface area contributed by atoms with Crippen LogP contribution in [0.25, 0.3) is 17.0 Å². The molecule has 7 heteroatoms. The number of nitrogens with one attached hydrogen (secondary N) is 2. The van der Waals surface area contributed by atoms with Gasteiger partial charge in [0.1, 0.15) is 0 Å². The van der Waals surface area contributed by atoms with Gasteiger partial charge in [0, 0.05) is 17.6 Å². The predicted octanol–water partition coefficient (Wildman–Crippen LogP) is 3.23. The lowest BCUT2D eigenvalue weighted by Crippen LogP contribution is -2.33. The van der Waals surface area contributed by atoms with Gasteiger partial charge in [0.2, 0.25) is 5.95 Å². The fourth-order valence-electron chi connectivity index (χ4n) is 2.50. The van der Waals surface area contributed by atoms with E-state index in [1.54, 1.807) is 48.5 Å². The van der Waals surface area contributed by atoms with E-state index in [0.29, 0.717) is 22.5 Å². The van der Waals surface area contributed by atoms with Crippen molar-refractivity contribution in [3.05, 3.63) is 75.5 Å². The number of rotatable bonds is 5. The van der Waals surface area contributed by atoms with Gasteiger partial charge in [-0.2, -0.15) is 0 Å². The van der Waals surface area contributed by atoms with E-state index in [2.05, 4.69) is 15.8 Å². The zero-order valence-electron chi connectivity index (χ0n) is 14.1. The average Bonchev–Trinajstić information content (AvgIpc) is 2.65. The number of hydrogen-bond acceptors (Lipinski definition) is 4. The summed E-state index contributed by atoms with van der Waals surface area (Å²) in [5.41, 5.74) is 6.45. The van der Waals surface area contributed by atoms with Crippen molar-refractivity contribution in [2.45, 2.75) is 13.5 Å². The lowest BCUT2D eigenvalue weighted by molar-refractivity contribution is -0.116. The molecule has 0 atom stereocenters. The first-order valence-corrected chi connectivity index (χ1v) is 8.45. The molecule has 2 N–H and O–H groups in total. The number of anilines is 1. The van der Waals surface area contributed by atoms with Gasteiger partial charge in [-0.15, -0.1) is 0 Å². The summed E-state index contributed by atoms with van der Waals surface area (Å²) >= 11 is 5.91. The molecule has 2 aromatic carbocycles. The topological polar surface area (TPSA) is 76.0 Å². The molecule has 3 rings (SSSR count). The highest BCUT2D eigenvalue weighted by atomic mass is 35.5. The Labute approximate surface area is 155 Å². The largest absolute Gasteiger partial charge is 0.277 e. The molecule has 0 fully saturated rings. The molecule has 26 heavy (non-hydrogen) atoms. The number of aromatic nitrogens is 2. The van der Waals surface area contributed by atoms with E-state index >= 15 is 0 Å². The molecule has 3 aromatic rings. The van der Waals surface area contributed by atoms with Crippen molar-refractivity contribution in [3.8, 4) is 0 Å². The number of hydrogen-bond donors (Lipinski definition) is 2. The second-order valence-corrected chi connectivity index (χ2v) is 5.94. The average molecular weight is 369 g/mol. The maximum atomic E-state index is 12.5. The van der Waals surface area contributed by atoms with Crippen LogP contribution >= 0.6 is 11.6 Å². The lowest BCUT2D eigenvalue weighted by atomic mass is 10.2. The highest BCUT2D eigenvalue weighted by molar-refractivity contribution is 6.30. The summed E-state index contributed by atoms with van der Waals surface area (Å²) < 4.78 is 1.46. The van der Waals surface area contributed by atoms with Crippen LogP contribution in [-0.4, -0.2) is 15.5 Å². The van der Waals surface area contributed by atoms with E-state index in [9.17, 15) is 9.59 Å². The summed E-state index contributed by atoms with van der Waals surface area (Å²) in [6.07, 6.45) is 3.01. The lowest BCUT2D eigenvalue weighted by Gasteiger charge is -2.13. The zero-order chi connectivity index (χ0) is 18.5. The molecular formula is C19H17ClN4O2. The number of nitrogens with zero attached hydrogens (tertiary/aromatic N) is 2. The molecule has 132 valence electrons. The van der Waals surface area contributed by atoms with Gasteiger partial charge < -0.3 is 0 Å². The highest BCUT2D eigenvalue weighted by Crippen LogP contribution is 2.12. The molecule has 1 aromatic heterocycles. The molecule has 0 unspecified atom stereocenters. The van der Waals surface area contributed by atoms with Crippen molar-refractivity contribution in [3.63, 3.8) is 0 Å². The number of amides is 1. The maximum absolute atomic E-state index is 12.5. The van der Waals surface area contributed by atoms with Gasteiger partial charge in [0.25, 0.3) is 11.5 Å². The molecule has 0 aliphatic rings. The standard InChI is InChI=1S/C19H17ClN4O2/c1-2-24-18(26)15-8-3-4-9-16(15)21-19(24)23-22-17(25)11-10-13-6-5-7-14(20)12-13/h3-12H,2H2,1H3,(H,21,23)(H,22,25).